The van der Waals surface area contributed by atoms with Crippen molar-refractivity contribution >= 4 is 27.5 Å². The topological polar surface area (TPSA) is 63.4 Å². The van der Waals surface area contributed by atoms with Crippen molar-refractivity contribution in [3.05, 3.63) is 23.8 Å². The molecule has 0 amide bonds. The Kier molecular flexibility index (Phi) is 5.07. The van der Waals surface area contributed by atoms with E-state index in [-0.39, 0.29) is 10.9 Å². The number of rotatable bonds is 5. The van der Waals surface area contributed by atoms with E-state index in [1.54, 1.807) is 37.0 Å². The van der Waals surface area contributed by atoms with Crippen LogP contribution in [0.5, 0.6) is 0 Å². The summed E-state index contributed by atoms with van der Waals surface area (Å²) in [6, 6.07) is 4.95. The zero-order chi connectivity index (χ0) is 13.9. The standard InChI is InChI=1S/C12H20N2O2S2/c1-9-5-6-12(11(13)7-9)18(15,16)14(3)10(2)8-17-4/h5-7,10H,8,13H2,1-4H3. The van der Waals surface area contributed by atoms with Crippen LogP contribution in [0.3, 0.4) is 0 Å². The number of thioether (sulfide) groups is 1. The predicted molar refractivity (Wildman–Crippen MR) is 78.4 cm³/mol. The number of hydrogen-bond donors (Lipinski definition) is 1. The fourth-order valence-electron chi connectivity index (χ4n) is 1.64. The monoisotopic (exact) mass is 288 g/mol. The Hall–Kier alpha value is -0.720. The molecule has 0 fully saturated rings. The second-order valence-corrected chi connectivity index (χ2v) is 7.24. The molecule has 4 nitrogen and oxygen atoms in total. The van der Waals surface area contributed by atoms with Crippen molar-refractivity contribution in [1.82, 2.24) is 4.31 Å². The molecule has 102 valence electrons. The average Bonchev–Trinajstić information content (AvgIpc) is 2.27. The maximum absolute atomic E-state index is 12.4. The van der Waals surface area contributed by atoms with Crippen LogP contribution >= 0.6 is 11.8 Å². The quantitative estimate of drug-likeness (QED) is 0.841. The highest BCUT2D eigenvalue weighted by Crippen LogP contribution is 2.24. The minimum absolute atomic E-state index is 0.0642. The molecule has 1 rings (SSSR count). The molecular weight excluding hydrogens is 268 g/mol. The van der Waals surface area contributed by atoms with Gasteiger partial charge < -0.3 is 5.73 Å². The van der Waals surface area contributed by atoms with Crippen LogP contribution < -0.4 is 5.73 Å². The van der Waals surface area contributed by atoms with Crippen molar-refractivity contribution in [2.75, 3.05) is 24.8 Å². The first-order valence-corrected chi connectivity index (χ1v) is 8.47. The molecule has 0 spiro atoms. The van der Waals surface area contributed by atoms with Crippen molar-refractivity contribution in [3.8, 4) is 0 Å². The molecule has 0 aliphatic carbocycles. The molecule has 6 heteroatoms. The van der Waals surface area contributed by atoms with Crippen molar-refractivity contribution in [1.29, 1.82) is 0 Å². The molecule has 1 unspecified atom stereocenters. The zero-order valence-electron chi connectivity index (χ0n) is 11.2. The highest BCUT2D eigenvalue weighted by Gasteiger charge is 2.26. The number of nitrogen functional groups attached to an aromatic ring is 1. The van der Waals surface area contributed by atoms with Gasteiger partial charge in [0.05, 0.1) is 5.69 Å². The van der Waals surface area contributed by atoms with Crippen molar-refractivity contribution in [3.63, 3.8) is 0 Å². The Bertz CT molecular complexity index is 515. The van der Waals surface area contributed by atoms with Crippen LogP contribution in [0.25, 0.3) is 0 Å². The van der Waals surface area contributed by atoms with E-state index in [1.165, 1.54) is 4.31 Å². The van der Waals surface area contributed by atoms with E-state index in [0.717, 1.165) is 11.3 Å². The molecule has 18 heavy (non-hydrogen) atoms. The third kappa shape index (κ3) is 3.18. The average molecular weight is 288 g/mol. The molecule has 0 saturated carbocycles. The lowest BCUT2D eigenvalue weighted by molar-refractivity contribution is 0.415. The molecule has 0 aromatic heterocycles. The van der Waals surface area contributed by atoms with E-state index in [0.29, 0.717) is 5.69 Å². The van der Waals surface area contributed by atoms with Gasteiger partial charge in [0.2, 0.25) is 10.0 Å². The van der Waals surface area contributed by atoms with Gasteiger partial charge in [-0.25, -0.2) is 8.42 Å². The zero-order valence-corrected chi connectivity index (χ0v) is 12.8. The summed E-state index contributed by atoms with van der Waals surface area (Å²) in [5.74, 6) is 0.751. The van der Waals surface area contributed by atoms with Gasteiger partial charge in [0, 0.05) is 18.8 Å². The highest BCUT2D eigenvalue weighted by atomic mass is 32.2. The normalized spacial score (nSPS) is 13.8. The Morgan fingerprint density at radius 1 is 1.44 bits per heavy atom. The number of benzene rings is 1. The van der Waals surface area contributed by atoms with Gasteiger partial charge in [-0.1, -0.05) is 6.07 Å². The first-order chi connectivity index (χ1) is 8.30. The molecule has 2 N–H and O–H groups in total. The van der Waals surface area contributed by atoms with Crippen molar-refractivity contribution in [2.45, 2.75) is 24.8 Å². The predicted octanol–water partition coefficient (Wildman–Crippen LogP) is 1.95. The van der Waals surface area contributed by atoms with Crippen LogP contribution in [-0.2, 0) is 10.0 Å². The summed E-state index contributed by atoms with van der Waals surface area (Å²) in [6.07, 6.45) is 1.96. The van der Waals surface area contributed by atoms with Crippen LogP contribution in [0.4, 0.5) is 5.69 Å². The highest BCUT2D eigenvalue weighted by molar-refractivity contribution is 7.98. The van der Waals surface area contributed by atoms with Gasteiger partial charge in [0.25, 0.3) is 0 Å². The van der Waals surface area contributed by atoms with Crippen molar-refractivity contribution < 1.29 is 8.42 Å². The van der Waals surface area contributed by atoms with Gasteiger partial charge >= 0.3 is 0 Å². The minimum Gasteiger partial charge on any atom is -0.398 e. The summed E-state index contributed by atoms with van der Waals surface area (Å²) < 4.78 is 26.2. The Morgan fingerprint density at radius 2 is 2.06 bits per heavy atom. The second kappa shape index (κ2) is 5.95. The summed E-state index contributed by atoms with van der Waals surface area (Å²) in [5, 5.41) is 0. The van der Waals surface area contributed by atoms with Crippen LogP contribution in [-0.4, -0.2) is 37.8 Å². The summed E-state index contributed by atoms with van der Waals surface area (Å²) in [6.45, 7) is 3.77. The number of nitrogens with zero attached hydrogens (tertiary/aromatic N) is 1. The largest absolute Gasteiger partial charge is 0.398 e. The fraction of sp³-hybridized carbons (Fsp3) is 0.500. The number of sulfonamides is 1. The summed E-state index contributed by atoms with van der Waals surface area (Å²) in [5.41, 5.74) is 7.06. The Morgan fingerprint density at radius 3 is 2.56 bits per heavy atom. The molecule has 0 saturated heterocycles. The molecule has 1 aromatic rings. The molecule has 0 heterocycles. The van der Waals surface area contributed by atoms with E-state index < -0.39 is 10.0 Å². The lowest BCUT2D eigenvalue weighted by Crippen LogP contribution is -2.36. The molecule has 1 atom stereocenters. The Balaban J connectivity index is 3.13. The first-order valence-electron chi connectivity index (χ1n) is 5.63. The molecular formula is C12H20N2O2S2. The van der Waals surface area contributed by atoms with Crippen LogP contribution in [0.15, 0.2) is 23.1 Å². The van der Waals surface area contributed by atoms with Gasteiger partial charge in [-0.15, -0.1) is 0 Å². The van der Waals surface area contributed by atoms with E-state index in [2.05, 4.69) is 0 Å². The number of hydrogen-bond acceptors (Lipinski definition) is 4. The van der Waals surface area contributed by atoms with Gasteiger partial charge in [-0.05, 0) is 37.8 Å². The number of anilines is 1. The van der Waals surface area contributed by atoms with Gasteiger partial charge in [-0.2, -0.15) is 16.1 Å². The van der Waals surface area contributed by atoms with Crippen LogP contribution in [0, 0.1) is 6.92 Å². The van der Waals surface area contributed by atoms with Crippen LogP contribution in [0.1, 0.15) is 12.5 Å². The maximum atomic E-state index is 12.4. The Labute approximate surface area is 114 Å². The lowest BCUT2D eigenvalue weighted by atomic mass is 10.2. The smallest absolute Gasteiger partial charge is 0.245 e. The number of nitrogens with two attached hydrogens (primary N) is 1. The van der Waals surface area contributed by atoms with Crippen LogP contribution in [0.2, 0.25) is 0 Å². The maximum Gasteiger partial charge on any atom is 0.245 e. The molecule has 0 aliphatic rings. The third-order valence-corrected chi connectivity index (χ3v) is 5.71. The van der Waals surface area contributed by atoms with E-state index in [1.807, 2.05) is 20.1 Å². The summed E-state index contributed by atoms with van der Waals surface area (Å²) in [4.78, 5) is 0.184. The fourth-order valence-corrected chi connectivity index (χ4v) is 3.90. The van der Waals surface area contributed by atoms with E-state index >= 15 is 0 Å². The molecule has 0 aliphatic heterocycles. The lowest BCUT2D eigenvalue weighted by Gasteiger charge is -2.24. The molecule has 0 radical (unpaired) electrons. The van der Waals surface area contributed by atoms with E-state index in [9.17, 15) is 8.42 Å². The first kappa shape index (κ1) is 15.3. The van der Waals surface area contributed by atoms with E-state index in [4.69, 9.17) is 5.73 Å². The summed E-state index contributed by atoms with van der Waals surface area (Å²) in [7, 11) is -1.92. The summed E-state index contributed by atoms with van der Waals surface area (Å²) >= 11 is 1.62. The van der Waals surface area contributed by atoms with Gasteiger partial charge in [0.15, 0.2) is 0 Å². The van der Waals surface area contributed by atoms with Gasteiger partial charge in [0.1, 0.15) is 4.90 Å². The van der Waals surface area contributed by atoms with Gasteiger partial charge in [-0.3, -0.25) is 0 Å². The molecule has 1 aromatic carbocycles. The third-order valence-electron chi connectivity index (χ3n) is 2.85. The number of aryl methyl sites for hydroxylation is 1. The SMILES string of the molecule is CSCC(C)N(C)S(=O)(=O)c1ccc(C)cc1N. The molecule has 0 bridgehead atoms. The van der Waals surface area contributed by atoms with Crippen molar-refractivity contribution in [2.24, 2.45) is 0 Å². The minimum atomic E-state index is -3.51. The second-order valence-electron chi connectivity index (χ2n) is 4.37.